The Morgan fingerprint density at radius 1 is 0.773 bits per heavy atom. The second kappa shape index (κ2) is 6.14. The van der Waals surface area contributed by atoms with E-state index in [1.165, 1.54) is 0 Å². The number of hydrogen-bond acceptors (Lipinski definition) is 2. The number of rotatable bonds is 3. The third-order valence-corrected chi connectivity index (χ3v) is 3.43. The van der Waals surface area contributed by atoms with E-state index >= 15 is 0 Å². The first-order chi connectivity index (χ1) is 10.7. The maximum Gasteiger partial charge on any atom is 0.255 e. The molecule has 22 heavy (non-hydrogen) atoms. The van der Waals surface area contributed by atoms with E-state index in [1.54, 1.807) is 24.3 Å². The van der Waals surface area contributed by atoms with Gasteiger partial charge in [-0.05, 0) is 35.9 Å². The monoisotopic (exact) mass is 288 g/mol. The molecule has 0 aromatic heterocycles. The maximum absolute atomic E-state index is 12.4. The fourth-order valence-corrected chi connectivity index (χ4v) is 2.29. The molecule has 0 spiro atoms. The normalized spacial score (nSPS) is 10.2. The van der Waals surface area contributed by atoms with Crippen molar-refractivity contribution in [1.82, 2.24) is 0 Å². The van der Waals surface area contributed by atoms with E-state index in [-0.39, 0.29) is 5.91 Å². The SMILES string of the molecule is Nc1ccc(C(=O)Nc2ccccc2-c2ccccc2)cc1. The van der Waals surface area contributed by atoms with Gasteiger partial charge in [-0.1, -0.05) is 48.5 Å². The summed E-state index contributed by atoms with van der Waals surface area (Å²) < 4.78 is 0. The van der Waals surface area contributed by atoms with E-state index in [2.05, 4.69) is 5.32 Å². The van der Waals surface area contributed by atoms with Gasteiger partial charge in [0.25, 0.3) is 5.91 Å². The Bertz CT molecular complexity index is 780. The van der Waals surface area contributed by atoms with Gasteiger partial charge in [0, 0.05) is 22.5 Å². The number of nitrogens with one attached hydrogen (secondary N) is 1. The van der Waals surface area contributed by atoms with E-state index in [9.17, 15) is 4.79 Å². The van der Waals surface area contributed by atoms with Gasteiger partial charge < -0.3 is 11.1 Å². The fourth-order valence-electron chi connectivity index (χ4n) is 2.29. The summed E-state index contributed by atoms with van der Waals surface area (Å²) >= 11 is 0. The number of nitrogens with two attached hydrogens (primary N) is 1. The predicted molar refractivity (Wildman–Crippen MR) is 90.7 cm³/mol. The van der Waals surface area contributed by atoms with Crippen molar-refractivity contribution in [2.24, 2.45) is 0 Å². The molecule has 0 aliphatic heterocycles. The van der Waals surface area contributed by atoms with Gasteiger partial charge >= 0.3 is 0 Å². The molecular formula is C19H16N2O. The number of carbonyl (C=O) groups is 1. The minimum absolute atomic E-state index is 0.150. The Hall–Kier alpha value is -3.07. The highest BCUT2D eigenvalue weighted by molar-refractivity contribution is 6.06. The molecule has 3 heteroatoms. The van der Waals surface area contributed by atoms with Gasteiger partial charge in [-0.2, -0.15) is 0 Å². The lowest BCUT2D eigenvalue weighted by Crippen LogP contribution is -2.12. The average molecular weight is 288 g/mol. The van der Waals surface area contributed by atoms with Gasteiger partial charge in [-0.3, -0.25) is 4.79 Å². The second-order valence-electron chi connectivity index (χ2n) is 4.99. The van der Waals surface area contributed by atoms with E-state index in [1.807, 2.05) is 54.6 Å². The zero-order valence-corrected chi connectivity index (χ0v) is 12.0. The van der Waals surface area contributed by atoms with E-state index in [0.29, 0.717) is 11.3 Å². The zero-order valence-electron chi connectivity index (χ0n) is 12.0. The Balaban J connectivity index is 1.90. The van der Waals surface area contributed by atoms with E-state index in [4.69, 9.17) is 5.73 Å². The van der Waals surface area contributed by atoms with Crippen LogP contribution in [0.3, 0.4) is 0 Å². The van der Waals surface area contributed by atoms with Crippen LogP contribution >= 0.6 is 0 Å². The molecule has 0 aliphatic rings. The van der Waals surface area contributed by atoms with Gasteiger partial charge in [0.2, 0.25) is 0 Å². The molecule has 108 valence electrons. The number of anilines is 2. The molecule has 1 amide bonds. The number of hydrogen-bond donors (Lipinski definition) is 2. The lowest BCUT2D eigenvalue weighted by Gasteiger charge is -2.11. The molecule has 3 N–H and O–H groups in total. The molecule has 3 aromatic rings. The van der Waals surface area contributed by atoms with Crippen molar-refractivity contribution in [2.45, 2.75) is 0 Å². The summed E-state index contributed by atoms with van der Waals surface area (Å²) in [6.07, 6.45) is 0. The van der Waals surface area contributed by atoms with Crippen molar-refractivity contribution >= 4 is 17.3 Å². The van der Waals surface area contributed by atoms with Crippen molar-refractivity contribution in [3.05, 3.63) is 84.4 Å². The molecule has 0 aliphatic carbocycles. The minimum atomic E-state index is -0.150. The summed E-state index contributed by atoms with van der Waals surface area (Å²) in [6.45, 7) is 0. The molecule has 0 bridgehead atoms. The van der Waals surface area contributed by atoms with E-state index in [0.717, 1.165) is 16.8 Å². The maximum atomic E-state index is 12.4. The van der Waals surface area contributed by atoms with Gasteiger partial charge in [0.05, 0.1) is 0 Å². The van der Waals surface area contributed by atoms with Crippen LogP contribution in [0.15, 0.2) is 78.9 Å². The molecule has 0 fully saturated rings. The highest BCUT2D eigenvalue weighted by Gasteiger charge is 2.09. The standard InChI is InChI=1S/C19H16N2O/c20-16-12-10-15(11-13-16)19(22)21-18-9-5-4-8-17(18)14-6-2-1-3-7-14/h1-13H,20H2,(H,21,22). The molecule has 0 saturated heterocycles. The third kappa shape index (κ3) is 2.99. The van der Waals surface area contributed by atoms with Crippen molar-refractivity contribution in [2.75, 3.05) is 11.1 Å². The van der Waals surface area contributed by atoms with Crippen LogP contribution in [-0.2, 0) is 0 Å². The Kier molecular flexibility index (Phi) is 3.88. The van der Waals surface area contributed by atoms with Gasteiger partial charge in [0.15, 0.2) is 0 Å². The Morgan fingerprint density at radius 2 is 1.41 bits per heavy atom. The molecule has 0 atom stereocenters. The number of para-hydroxylation sites is 1. The first-order valence-electron chi connectivity index (χ1n) is 7.05. The van der Waals surface area contributed by atoms with Crippen molar-refractivity contribution in [3.63, 3.8) is 0 Å². The summed E-state index contributed by atoms with van der Waals surface area (Å²) in [6, 6.07) is 24.6. The van der Waals surface area contributed by atoms with Crippen LogP contribution in [-0.4, -0.2) is 5.91 Å². The van der Waals surface area contributed by atoms with Crippen LogP contribution in [0.2, 0.25) is 0 Å². The topological polar surface area (TPSA) is 55.1 Å². The number of carbonyl (C=O) groups excluding carboxylic acids is 1. The fraction of sp³-hybridized carbons (Fsp3) is 0. The average Bonchev–Trinajstić information content (AvgIpc) is 2.57. The summed E-state index contributed by atoms with van der Waals surface area (Å²) in [7, 11) is 0. The van der Waals surface area contributed by atoms with Crippen molar-refractivity contribution in [1.29, 1.82) is 0 Å². The molecule has 3 aromatic carbocycles. The zero-order chi connectivity index (χ0) is 15.4. The summed E-state index contributed by atoms with van der Waals surface area (Å²) in [5.41, 5.74) is 9.71. The smallest absolute Gasteiger partial charge is 0.255 e. The van der Waals surface area contributed by atoms with Crippen LogP contribution < -0.4 is 11.1 Å². The molecule has 0 heterocycles. The number of nitrogen functional groups attached to an aromatic ring is 1. The van der Waals surface area contributed by atoms with Crippen LogP contribution in [0, 0.1) is 0 Å². The minimum Gasteiger partial charge on any atom is -0.399 e. The number of benzene rings is 3. The van der Waals surface area contributed by atoms with Crippen molar-refractivity contribution < 1.29 is 4.79 Å². The lowest BCUT2D eigenvalue weighted by molar-refractivity contribution is 0.102. The van der Waals surface area contributed by atoms with Crippen LogP contribution in [0.1, 0.15) is 10.4 Å². The van der Waals surface area contributed by atoms with Gasteiger partial charge in [0.1, 0.15) is 0 Å². The molecule has 0 unspecified atom stereocenters. The van der Waals surface area contributed by atoms with Crippen LogP contribution in [0.5, 0.6) is 0 Å². The van der Waals surface area contributed by atoms with Crippen molar-refractivity contribution in [3.8, 4) is 11.1 Å². The summed E-state index contributed by atoms with van der Waals surface area (Å²) in [5, 5.41) is 2.97. The van der Waals surface area contributed by atoms with Crippen LogP contribution in [0.25, 0.3) is 11.1 Å². The Labute approximate surface area is 129 Å². The highest BCUT2D eigenvalue weighted by Crippen LogP contribution is 2.27. The Morgan fingerprint density at radius 3 is 2.14 bits per heavy atom. The molecular weight excluding hydrogens is 272 g/mol. The summed E-state index contributed by atoms with van der Waals surface area (Å²) in [5.74, 6) is -0.150. The van der Waals surface area contributed by atoms with Crippen LogP contribution in [0.4, 0.5) is 11.4 Å². The second-order valence-corrected chi connectivity index (χ2v) is 4.99. The predicted octanol–water partition coefficient (Wildman–Crippen LogP) is 4.19. The largest absolute Gasteiger partial charge is 0.399 e. The lowest BCUT2D eigenvalue weighted by atomic mass is 10.0. The highest BCUT2D eigenvalue weighted by atomic mass is 16.1. The van der Waals surface area contributed by atoms with Gasteiger partial charge in [-0.25, -0.2) is 0 Å². The quantitative estimate of drug-likeness (QED) is 0.710. The first-order valence-corrected chi connectivity index (χ1v) is 7.05. The third-order valence-electron chi connectivity index (χ3n) is 3.43. The van der Waals surface area contributed by atoms with E-state index < -0.39 is 0 Å². The molecule has 0 saturated carbocycles. The van der Waals surface area contributed by atoms with Gasteiger partial charge in [-0.15, -0.1) is 0 Å². The first kappa shape index (κ1) is 13.9. The molecule has 0 radical (unpaired) electrons. The molecule has 3 nitrogen and oxygen atoms in total. The number of amides is 1. The summed E-state index contributed by atoms with van der Waals surface area (Å²) in [4.78, 5) is 12.4. The molecule has 3 rings (SSSR count).